The van der Waals surface area contributed by atoms with Crippen molar-refractivity contribution in [3.05, 3.63) is 35.4 Å². The molecule has 94 valence electrons. The number of hydrogen-bond donors (Lipinski definition) is 1. The Bertz CT molecular complexity index is 513. The van der Waals surface area contributed by atoms with E-state index in [1.165, 1.54) is 0 Å². The van der Waals surface area contributed by atoms with E-state index < -0.39 is 15.3 Å². The Morgan fingerprint density at radius 1 is 1.35 bits per heavy atom. The van der Waals surface area contributed by atoms with Gasteiger partial charge in [0, 0.05) is 0 Å². The van der Waals surface area contributed by atoms with Gasteiger partial charge in [0.15, 0.2) is 0 Å². The first-order chi connectivity index (χ1) is 7.92. The second kappa shape index (κ2) is 4.59. The highest BCUT2D eigenvalue weighted by Crippen LogP contribution is 2.35. The quantitative estimate of drug-likeness (QED) is 0.859. The molecule has 0 heterocycles. The minimum atomic E-state index is -3.29. The summed E-state index contributed by atoms with van der Waals surface area (Å²) in [7, 11) is -3.29. The lowest BCUT2D eigenvalue weighted by atomic mass is 10.1. The summed E-state index contributed by atoms with van der Waals surface area (Å²) >= 11 is 6.23. The number of alkyl halides is 1. The van der Waals surface area contributed by atoms with Crippen LogP contribution < -0.4 is 4.72 Å². The normalized spacial score (nSPS) is 24.0. The van der Waals surface area contributed by atoms with Crippen LogP contribution in [0.4, 0.5) is 0 Å². The van der Waals surface area contributed by atoms with Gasteiger partial charge in [0.25, 0.3) is 0 Å². The maximum atomic E-state index is 11.9. The molecule has 1 aliphatic carbocycles. The summed E-state index contributed by atoms with van der Waals surface area (Å²) in [5.74, 6) is 0. The molecule has 0 bridgehead atoms. The fourth-order valence-corrected chi connectivity index (χ4v) is 3.35. The molecule has 1 N–H and O–H groups in total. The Labute approximate surface area is 107 Å². The number of hydrogen-bond acceptors (Lipinski definition) is 2. The number of rotatable bonds is 3. The SMILES string of the molecule is CC(C)S(=O)(=O)NC1c2ccccc2CC1Cl. The Kier molecular flexibility index (Phi) is 3.48. The highest BCUT2D eigenvalue weighted by atomic mass is 35.5. The van der Waals surface area contributed by atoms with Crippen molar-refractivity contribution in [2.24, 2.45) is 0 Å². The van der Waals surface area contributed by atoms with Crippen LogP contribution >= 0.6 is 11.6 Å². The van der Waals surface area contributed by atoms with Crippen molar-refractivity contribution in [3.63, 3.8) is 0 Å². The second-order valence-electron chi connectivity index (χ2n) is 4.61. The number of sulfonamides is 1. The van der Waals surface area contributed by atoms with Crippen LogP contribution in [0.1, 0.15) is 31.0 Å². The van der Waals surface area contributed by atoms with Gasteiger partial charge in [0.2, 0.25) is 10.0 Å². The van der Waals surface area contributed by atoms with E-state index in [4.69, 9.17) is 11.6 Å². The van der Waals surface area contributed by atoms with E-state index in [0.717, 1.165) is 11.1 Å². The molecule has 17 heavy (non-hydrogen) atoms. The van der Waals surface area contributed by atoms with Crippen molar-refractivity contribution < 1.29 is 8.42 Å². The number of fused-ring (bicyclic) bond motifs is 1. The minimum Gasteiger partial charge on any atom is -0.212 e. The van der Waals surface area contributed by atoms with Gasteiger partial charge < -0.3 is 0 Å². The molecular formula is C12H16ClNO2S. The molecular weight excluding hydrogens is 258 g/mol. The van der Waals surface area contributed by atoms with Gasteiger partial charge in [-0.15, -0.1) is 11.6 Å². The van der Waals surface area contributed by atoms with E-state index in [2.05, 4.69) is 4.72 Å². The van der Waals surface area contributed by atoms with Gasteiger partial charge in [-0.3, -0.25) is 0 Å². The summed E-state index contributed by atoms with van der Waals surface area (Å²) in [6, 6.07) is 7.48. The average Bonchev–Trinajstić information content (AvgIpc) is 2.55. The van der Waals surface area contributed by atoms with Crippen molar-refractivity contribution in [2.75, 3.05) is 0 Å². The second-order valence-corrected chi connectivity index (χ2v) is 7.44. The zero-order chi connectivity index (χ0) is 12.6. The molecule has 2 atom stereocenters. The van der Waals surface area contributed by atoms with Crippen molar-refractivity contribution in [1.82, 2.24) is 4.72 Å². The third kappa shape index (κ3) is 2.49. The summed E-state index contributed by atoms with van der Waals surface area (Å²) in [6.45, 7) is 3.32. The maximum absolute atomic E-state index is 11.9. The van der Waals surface area contributed by atoms with Gasteiger partial charge in [0.1, 0.15) is 0 Å². The molecule has 3 nitrogen and oxygen atoms in total. The lowest BCUT2D eigenvalue weighted by Crippen LogP contribution is -2.36. The first kappa shape index (κ1) is 12.9. The smallest absolute Gasteiger partial charge is 0.212 e. The number of benzene rings is 1. The van der Waals surface area contributed by atoms with Crippen LogP contribution in [-0.4, -0.2) is 19.0 Å². The molecule has 0 saturated heterocycles. The monoisotopic (exact) mass is 273 g/mol. The molecule has 1 aromatic rings. The van der Waals surface area contributed by atoms with E-state index in [-0.39, 0.29) is 11.4 Å². The van der Waals surface area contributed by atoms with Crippen LogP contribution in [0.3, 0.4) is 0 Å². The van der Waals surface area contributed by atoms with Gasteiger partial charge in [-0.25, -0.2) is 13.1 Å². The predicted octanol–water partition coefficient (Wildman–Crippen LogP) is 2.22. The molecule has 2 rings (SSSR count). The molecule has 1 aliphatic rings. The van der Waals surface area contributed by atoms with Crippen molar-refractivity contribution >= 4 is 21.6 Å². The van der Waals surface area contributed by atoms with Crippen LogP contribution in [0.25, 0.3) is 0 Å². The van der Waals surface area contributed by atoms with E-state index in [1.54, 1.807) is 13.8 Å². The summed E-state index contributed by atoms with van der Waals surface area (Å²) in [5, 5.41) is -0.653. The third-order valence-electron chi connectivity index (χ3n) is 3.08. The first-order valence-corrected chi connectivity index (χ1v) is 7.63. The standard InChI is InChI=1S/C12H16ClNO2S/c1-8(2)17(15,16)14-12-10-6-4-3-5-9(10)7-11(12)13/h3-6,8,11-12,14H,7H2,1-2H3. The van der Waals surface area contributed by atoms with Gasteiger partial charge in [-0.2, -0.15) is 0 Å². The van der Waals surface area contributed by atoms with Crippen LogP contribution in [0.5, 0.6) is 0 Å². The number of nitrogens with one attached hydrogen (secondary N) is 1. The molecule has 0 saturated carbocycles. The Morgan fingerprint density at radius 3 is 2.65 bits per heavy atom. The summed E-state index contributed by atoms with van der Waals surface area (Å²) < 4.78 is 26.4. The molecule has 0 amide bonds. The first-order valence-electron chi connectivity index (χ1n) is 5.65. The molecule has 0 aliphatic heterocycles. The predicted molar refractivity (Wildman–Crippen MR) is 69.7 cm³/mol. The van der Waals surface area contributed by atoms with Crippen LogP contribution in [0, 0.1) is 0 Å². The molecule has 0 fully saturated rings. The molecule has 2 unspecified atom stereocenters. The van der Waals surface area contributed by atoms with E-state index in [1.807, 2.05) is 24.3 Å². The topological polar surface area (TPSA) is 46.2 Å². The largest absolute Gasteiger partial charge is 0.214 e. The van der Waals surface area contributed by atoms with Crippen LogP contribution in [0.2, 0.25) is 0 Å². The van der Waals surface area contributed by atoms with E-state index >= 15 is 0 Å². The zero-order valence-electron chi connectivity index (χ0n) is 9.85. The lowest BCUT2D eigenvalue weighted by Gasteiger charge is -2.19. The van der Waals surface area contributed by atoms with Gasteiger partial charge in [0.05, 0.1) is 16.7 Å². The summed E-state index contributed by atoms with van der Waals surface area (Å²) in [5.41, 5.74) is 2.13. The number of halogens is 1. The van der Waals surface area contributed by atoms with Gasteiger partial charge in [-0.05, 0) is 31.4 Å². The van der Waals surface area contributed by atoms with Crippen LogP contribution in [-0.2, 0) is 16.4 Å². The summed E-state index contributed by atoms with van der Waals surface area (Å²) in [6.07, 6.45) is 0.711. The van der Waals surface area contributed by atoms with Crippen molar-refractivity contribution in [2.45, 2.75) is 36.9 Å². The third-order valence-corrected chi connectivity index (χ3v) is 5.31. The van der Waals surface area contributed by atoms with Crippen LogP contribution in [0.15, 0.2) is 24.3 Å². The van der Waals surface area contributed by atoms with Crippen molar-refractivity contribution in [3.8, 4) is 0 Å². The van der Waals surface area contributed by atoms with Gasteiger partial charge in [-0.1, -0.05) is 24.3 Å². The summed E-state index contributed by atoms with van der Waals surface area (Å²) in [4.78, 5) is 0. The fourth-order valence-electron chi connectivity index (χ4n) is 2.00. The zero-order valence-corrected chi connectivity index (χ0v) is 11.4. The van der Waals surface area contributed by atoms with E-state index in [9.17, 15) is 8.42 Å². The highest BCUT2D eigenvalue weighted by molar-refractivity contribution is 7.90. The minimum absolute atomic E-state index is 0.207. The lowest BCUT2D eigenvalue weighted by molar-refractivity contribution is 0.548. The van der Waals surface area contributed by atoms with Crippen molar-refractivity contribution in [1.29, 1.82) is 0 Å². The molecule has 5 heteroatoms. The molecule has 1 aromatic carbocycles. The molecule has 0 aromatic heterocycles. The maximum Gasteiger partial charge on any atom is 0.214 e. The fraction of sp³-hybridized carbons (Fsp3) is 0.500. The van der Waals surface area contributed by atoms with E-state index in [0.29, 0.717) is 6.42 Å². The Hall–Kier alpha value is -0.580. The molecule has 0 spiro atoms. The average molecular weight is 274 g/mol. The molecule has 0 radical (unpaired) electrons. The van der Waals surface area contributed by atoms with Gasteiger partial charge >= 0.3 is 0 Å². The highest BCUT2D eigenvalue weighted by Gasteiger charge is 2.34. The Morgan fingerprint density at radius 2 is 2.00 bits per heavy atom. The Balaban J connectivity index is 2.29.